The highest BCUT2D eigenvalue weighted by Crippen LogP contribution is 2.20. The maximum Gasteiger partial charge on any atom is 0.345 e. The van der Waals surface area contributed by atoms with Crippen LogP contribution in [-0.4, -0.2) is 35.4 Å². The minimum absolute atomic E-state index is 0.273. The Balaban J connectivity index is 2.96. The second kappa shape index (κ2) is 7.20. The van der Waals surface area contributed by atoms with Gasteiger partial charge in [0, 0.05) is 6.20 Å². The van der Waals surface area contributed by atoms with Crippen molar-refractivity contribution in [1.82, 2.24) is 9.97 Å². The van der Waals surface area contributed by atoms with Gasteiger partial charge in [-0.2, -0.15) is 4.98 Å². The SMILES string of the molecule is CCOC(=O)c1cnc(SC)nc1OCC(C)C. The third-order valence-corrected chi connectivity index (χ3v) is 2.52. The molecule has 0 saturated carbocycles. The molecule has 0 unspecified atom stereocenters. The van der Waals surface area contributed by atoms with Crippen LogP contribution in [0.25, 0.3) is 0 Å². The van der Waals surface area contributed by atoms with E-state index in [0.29, 0.717) is 30.2 Å². The fourth-order valence-corrected chi connectivity index (χ4v) is 1.49. The normalized spacial score (nSPS) is 10.5. The number of esters is 1. The van der Waals surface area contributed by atoms with Gasteiger partial charge in [0.05, 0.1) is 13.2 Å². The third-order valence-electron chi connectivity index (χ3n) is 1.96. The summed E-state index contributed by atoms with van der Waals surface area (Å²) in [7, 11) is 0. The summed E-state index contributed by atoms with van der Waals surface area (Å²) in [6, 6.07) is 0. The number of hydrogen-bond donors (Lipinski definition) is 0. The number of ether oxygens (including phenoxy) is 2. The molecule has 0 amide bonds. The van der Waals surface area contributed by atoms with Crippen molar-refractivity contribution in [2.24, 2.45) is 5.92 Å². The van der Waals surface area contributed by atoms with Crippen molar-refractivity contribution in [1.29, 1.82) is 0 Å². The monoisotopic (exact) mass is 270 g/mol. The average molecular weight is 270 g/mol. The largest absolute Gasteiger partial charge is 0.477 e. The second-order valence-electron chi connectivity index (χ2n) is 4.00. The van der Waals surface area contributed by atoms with Crippen LogP contribution in [0.15, 0.2) is 11.4 Å². The zero-order chi connectivity index (χ0) is 13.5. The van der Waals surface area contributed by atoms with Crippen molar-refractivity contribution in [2.45, 2.75) is 25.9 Å². The van der Waals surface area contributed by atoms with Crippen molar-refractivity contribution < 1.29 is 14.3 Å². The van der Waals surface area contributed by atoms with Gasteiger partial charge in [0.15, 0.2) is 5.16 Å². The molecular formula is C12H18N2O3S. The van der Waals surface area contributed by atoms with Crippen LogP contribution in [0.3, 0.4) is 0 Å². The molecule has 1 heterocycles. The average Bonchev–Trinajstić information content (AvgIpc) is 2.36. The number of hydrogen-bond acceptors (Lipinski definition) is 6. The molecule has 18 heavy (non-hydrogen) atoms. The molecule has 0 radical (unpaired) electrons. The lowest BCUT2D eigenvalue weighted by Crippen LogP contribution is -2.13. The molecule has 1 aromatic rings. The van der Waals surface area contributed by atoms with Crippen LogP contribution in [0, 0.1) is 5.92 Å². The molecule has 0 fully saturated rings. The molecule has 0 atom stereocenters. The molecule has 0 N–H and O–H groups in total. The van der Waals surface area contributed by atoms with E-state index in [1.807, 2.05) is 20.1 Å². The molecule has 0 bridgehead atoms. The number of nitrogens with zero attached hydrogens (tertiary/aromatic N) is 2. The second-order valence-corrected chi connectivity index (χ2v) is 4.77. The van der Waals surface area contributed by atoms with E-state index >= 15 is 0 Å². The van der Waals surface area contributed by atoms with Gasteiger partial charge in [-0.15, -0.1) is 0 Å². The predicted octanol–water partition coefficient (Wildman–Crippen LogP) is 2.41. The van der Waals surface area contributed by atoms with Crippen LogP contribution in [0.2, 0.25) is 0 Å². The summed E-state index contributed by atoms with van der Waals surface area (Å²) < 4.78 is 10.5. The standard InChI is InChI=1S/C12H18N2O3S/c1-5-16-11(15)9-6-13-12(18-4)14-10(9)17-7-8(2)3/h6,8H,5,7H2,1-4H3. The summed E-state index contributed by atoms with van der Waals surface area (Å²) in [5.74, 6) is 0.193. The van der Waals surface area contributed by atoms with Gasteiger partial charge in [0.2, 0.25) is 5.88 Å². The topological polar surface area (TPSA) is 61.3 Å². The predicted molar refractivity (Wildman–Crippen MR) is 70.1 cm³/mol. The van der Waals surface area contributed by atoms with Crippen LogP contribution < -0.4 is 4.74 Å². The van der Waals surface area contributed by atoms with E-state index in [1.54, 1.807) is 6.92 Å². The smallest absolute Gasteiger partial charge is 0.345 e. The molecule has 0 aliphatic heterocycles. The molecule has 1 aromatic heterocycles. The minimum Gasteiger partial charge on any atom is -0.477 e. The van der Waals surface area contributed by atoms with Crippen LogP contribution in [0.1, 0.15) is 31.1 Å². The number of carbonyl (C=O) groups is 1. The van der Waals surface area contributed by atoms with E-state index in [1.165, 1.54) is 18.0 Å². The summed E-state index contributed by atoms with van der Waals surface area (Å²) in [6.45, 7) is 6.62. The maximum absolute atomic E-state index is 11.7. The molecule has 6 heteroatoms. The van der Waals surface area contributed by atoms with E-state index in [4.69, 9.17) is 9.47 Å². The van der Waals surface area contributed by atoms with Gasteiger partial charge >= 0.3 is 5.97 Å². The molecule has 0 aliphatic rings. The van der Waals surface area contributed by atoms with Gasteiger partial charge in [-0.05, 0) is 19.1 Å². The van der Waals surface area contributed by atoms with Gasteiger partial charge in [-0.3, -0.25) is 0 Å². The molecule has 1 rings (SSSR count). The minimum atomic E-state index is -0.455. The molecule has 0 aromatic carbocycles. The third kappa shape index (κ3) is 4.18. The Morgan fingerprint density at radius 2 is 2.22 bits per heavy atom. The lowest BCUT2D eigenvalue weighted by atomic mass is 10.2. The lowest BCUT2D eigenvalue weighted by Gasteiger charge is -2.11. The first-order chi connectivity index (χ1) is 8.58. The molecule has 0 aliphatic carbocycles. The molecule has 0 saturated heterocycles. The Kier molecular flexibility index (Phi) is 5.91. The zero-order valence-corrected chi connectivity index (χ0v) is 11.9. The Bertz CT molecular complexity index is 410. The zero-order valence-electron chi connectivity index (χ0n) is 11.1. The van der Waals surface area contributed by atoms with E-state index < -0.39 is 5.97 Å². The number of thioether (sulfide) groups is 1. The highest BCUT2D eigenvalue weighted by Gasteiger charge is 2.17. The van der Waals surface area contributed by atoms with Crippen molar-refractivity contribution in [2.75, 3.05) is 19.5 Å². The molecule has 100 valence electrons. The maximum atomic E-state index is 11.7. The first-order valence-electron chi connectivity index (χ1n) is 5.79. The van der Waals surface area contributed by atoms with Crippen LogP contribution in [0.4, 0.5) is 0 Å². The van der Waals surface area contributed by atoms with Gasteiger partial charge in [0.1, 0.15) is 5.56 Å². The summed E-state index contributed by atoms with van der Waals surface area (Å²) in [5, 5.41) is 0.571. The summed E-state index contributed by atoms with van der Waals surface area (Å²) >= 11 is 1.40. The van der Waals surface area contributed by atoms with Gasteiger partial charge < -0.3 is 9.47 Å². The number of carbonyl (C=O) groups excluding carboxylic acids is 1. The van der Waals surface area contributed by atoms with E-state index in [-0.39, 0.29) is 5.56 Å². The summed E-state index contributed by atoms with van der Waals surface area (Å²) in [4.78, 5) is 20.0. The van der Waals surface area contributed by atoms with E-state index in [9.17, 15) is 4.79 Å². The quantitative estimate of drug-likeness (QED) is 0.449. The molecule has 5 nitrogen and oxygen atoms in total. The van der Waals surface area contributed by atoms with Gasteiger partial charge in [-0.25, -0.2) is 9.78 Å². The van der Waals surface area contributed by atoms with Crippen molar-refractivity contribution in [3.05, 3.63) is 11.8 Å². The summed E-state index contributed by atoms with van der Waals surface area (Å²) in [5.41, 5.74) is 0.273. The first kappa shape index (κ1) is 14.8. The highest BCUT2D eigenvalue weighted by atomic mass is 32.2. The fourth-order valence-electron chi connectivity index (χ4n) is 1.15. The Labute approximate surface area is 111 Å². The lowest BCUT2D eigenvalue weighted by molar-refractivity contribution is 0.0518. The molecular weight excluding hydrogens is 252 g/mol. The molecule has 0 spiro atoms. The van der Waals surface area contributed by atoms with E-state index in [2.05, 4.69) is 9.97 Å². The van der Waals surface area contributed by atoms with Crippen molar-refractivity contribution in [3.63, 3.8) is 0 Å². The van der Waals surface area contributed by atoms with Crippen molar-refractivity contribution in [3.8, 4) is 5.88 Å². The van der Waals surface area contributed by atoms with Gasteiger partial charge in [0.25, 0.3) is 0 Å². The van der Waals surface area contributed by atoms with Crippen molar-refractivity contribution >= 4 is 17.7 Å². The van der Waals surface area contributed by atoms with Crippen LogP contribution in [0.5, 0.6) is 5.88 Å². The van der Waals surface area contributed by atoms with E-state index in [0.717, 1.165) is 0 Å². The van der Waals surface area contributed by atoms with Gasteiger partial charge in [-0.1, -0.05) is 25.6 Å². The van der Waals surface area contributed by atoms with Crippen LogP contribution >= 0.6 is 11.8 Å². The summed E-state index contributed by atoms with van der Waals surface area (Å²) in [6.07, 6.45) is 3.32. The number of aromatic nitrogens is 2. The Morgan fingerprint density at radius 1 is 1.50 bits per heavy atom. The highest BCUT2D eigenvalue weighted by molar-refractivity contribution is 7.98. The Hall–Kier alpha value is -1.30. The van der Waals surface area contributed by atoms with Crippen LogP contribution in [-0.2, 0) is 4.74 Å². The Morgan fingerprint density at radius 3 is 2.78 bits per heavy atom. The fraction of sp³-hybridized carbons (Fsp3) is 0.583. The first-order valence-corrected chi connectivity index (χ1v) is 7.01. The number of rotatable bonds is 6.